The number of thiophene rings is 2. The number of fused-ring (bicyclic) bond motifs is 5. The summed E-state index contributed by atoms with van der Waals surface area (Å²) in [6, 6.07) is 29.8. The highest BCUT2D eigenvalue weighted by molar-refractivity contribution is 7.34. The van der Waals surface area contributed by atoms with Crippen LogP contribution in [0.15, 0.2) is 72.8 Å². The van der Waals surface area contributed by atoms with E-state index >= 15 is 0 Å². The van der Waals surface area contributed by atoms with Gasteiger partial charge in [0.05, 0.1) is 13.2 Å². The van der Waals surface area contributed by atoms with Crippen LogP contribution in [0.25, 0.3) is 30.9 Å². The van der Waals surface area contributed by atoms with Gasteiger partial charge in [-0.25, -0.2) is 0 Å². The maximum Gasteiger partial charge on any atom is 0.119 e. The Morgan fingerprint density at radius 3 is 0.745 bits per heavy atom. The predicted octanol–water partition coefficient (Wildman–Crippen LogP) is 33.8. The van der Waals surface area contributed by atoms with Crippen molar-refractivity contribution < 1.29 is 9.47 Å². The quantitative estimate of drug-likeness (QED) is 0.0280. The minimum atomic E-state index is -1.94. The molecule has 0 aliphatic rings. The molecule has 2 aromatic heterocycles. The molecule has 6 heteroatoms. The van der Waals surface area contributed by atoms with E-state index in [1.54, 1.807) is 40.3 Å². The molecular weight excluding hydrogens is 1350 g/mol. The van der Waals surface area contributed by atoms with E-state index in [2.05, 4.69) is 206 Å². The summed E-state index contributed by atoms with van der Waals surface area (Å²) in [6.45, 7) is 41.9. The first-order chi connectivity index (χ1) is 51.5. The Morgan fingerprint density at radius 1 is 0.264 bits per heavy atom. The molecule has 600 valence electrons. The van der Waals surface area contributed by atoms with Crippen molar-refractivity contribution in [3.8, 4) is 11.5 Å². The summed E-state index contributed by atoms with van der Waals surface area (Å²) < 4.78 is 20.1. The van der Waals surface area contributed by atoms with E-state index in [0.717, 1.165) is 50.4 Å². The van der Waals surface area contributed by atoms with E-state index in [4.69, 9.17) is 9.47 Å². The Labute approximate surface area is 667 Å². The molecule has 6 aromatic rings. The topological polar surface area (TPSA) is 18.5 Å². The largest absolute Gasteiger partial charge is 0.493 e. The van der Waals surface area contributed by atoms with Gasteiger partial charge in [0.25, 0.3) is 0 Å². The Kier molecular flexibility index (Phi) is 45.5. The molecular formula is C100H168O2S2Si2. The fourth-order valence-electron chi connectivity index (χ4n) is 20.1. The van der Waals surface area contributed by atoms with Gasteiger partial charge in [-0.05, 0) is 213 Å². The molecule has 2 nitrogen and oxygen atoms in total. The number of benzene rings is 4. The van der Waals surface area contributed by atoms with E-state index in [9.17, 15) is 0 Å². The van der Waals surface area contributed by atoms with Crippen molar-refractivity contribution in [1.29, 1.82) is 0 Å². The zero-order valence-corrected chi connectivity index (χ0v) is 76.2. The Morgan fingerprint density at radius 2 is 0.500 bits per heavy atom. The molecule has 0 aliphatic heterocycles. The molecule has 0 bridgehead atoms. The number of aryl methyl sites for hydroxylation is 4. The van der Waals surface area contributed by atoms with E-state index < -0.39 is 16.1 Å². The fraction of sp³-hybridized carbons (Fsp3) is 0.740. The van der Waals surface area contributed by atoms with Crippen LogP contribution in [0.3, 0.4) is 0 Å². The first-order valence-corrected chi connectivity index (χ1v) is 52.5. The zero-order valence-electron chi connectivity index (χ0n) is 72.5. The lowest BCUT2D eigenvalue weighted by Gasteiger charge is -2.42. The summed E-state index contributed by atoms with van der Waals surface area (Å²) >= 11 is 4.48. The summed E-state index contributed by atoms with van der Waals surface area (Å²) in [6.07, 6.45) is 64.9. The van der Waals surface area contributed by atoms with Crippen LogP contribution in [-0.2, 0) is 25.7 Å². The lowest BCUT2D eigenvalue weighted by Crippen LogP contribution is -2.54. The van der Waals surface area contributed by atoms with Gasteiger partial charge in [-0.2, -0.15) is 0 Å². The van der Waals surface area contributed by atoms with Crippen molar-refractivity contribution in [2.24, 2.45) is 11.8 Å². The molecule has 0 saturated carbocycles. The van der Waals surface area contributed by atoms with Crippen LogP contribution in [0.4, 0.5) is 0 Å². The maximum atomic E-state index is 6.71. The second-order valence-electron chi connectivity index (χ2n) is 36.2. The molecule has 0 fully saturated rings. The van der Waals surface area contributed by atoms with Gasteiger partial charge in [-0.15, -0.1) is 22.7 Å². The highest BCUT2D eigenvalue weighted by Gasteiger charge is 2.47. The summed E-state index contributed by atoms with van der Waals surface area (Å²) in [4.78, 5) is 0. The Bertz CT molecular complexity index is 2940. The van der Waals surface area contributed by atoms with Crippen molar-refractivity contribution in [1.82, 2.24) is 0 Å². The molecule has 0 N–H and O–H groups in total. The Balaban J connectivity index is 1.18. The molecule has 0 amide bonds. The van der Waals surface area contributed by atoms with Crippen LogP contribution in [0.5, 0.6) is 11.5 Å². The predicted molar refractivity (Wildman–Crippen MR) is 488 cm³/mol. The van der Waals surface area contributed by atoms with Crippen molar-refractivity contribution in [3.63, 3.8) is 0 Å². The molecule has 0 saturated heterocycles. The van der Waals surface area contributed by atoms with Crippen molar-refractivity contribution >= 4 is 78.8 Å². The van der Waals surface area contributed by atoms with Gasteiger partial charge >= 0.3 is 0 Å². The standard InChI is InChI=1S/C100H168O2S2Si2/c1-17-21-25-29-33-37-39-43-47-51-61-87(59-49-45-41-35-31-27-23-19-3)77-101-91-69-65-85(66-70-91)57-53-55-63-89-73-95-96(99-93(89)75-97(103-99)105(79(5)6,80(7)8)81(9)10)74-90(94-76-98(104-100(94)95)106(82(11)12,83(13)14)84(15)16)64-56-54-58-86-67-71-92(72-68-86)102-78-88(60-50-46-42-36-32-28-24-20-4)62-52-48-44-40-38-34-30-26-22-18-2/h65-76,79-84,87-88H,17-64,77-78H2,1-16H3. The Hall–Kier alpha value is -2.91. The van der Waals surface area contributed by atoms with Gasteiger partial charge in [-0.3, -0.25) is 0 Å². The third-order valence-electron chi connectivity index (χ3n) is 26.2. The molecule has 2 unspecified atom stereocenters. The van der Waals surface area contributed by atoms with Gasteiger partial charge in [0.1, 0.15) is 27.6 Å². The van der Waals surface area contributed by atoms with Crippen molar-refractivity contribution in [2.45, 2.75) is 452 Å². The van der Waals surface area contributed by atoms with Crippen LogP contribution < -0.4 is 18.5 Å². The number of ether oxygens (including phenoxy) is 2. The van der Waals surface area contributed by atoms with Crippen molar-refractivity contribution in [2.75, 3.05) is 13.2 Å². The number of hydrogen-bond donors (Lipinski definition) is 0. The third-order valence-corrected chi connectivity index (χ3v) is 44.3. The van der Waals surface area contributed by atoms with E-state index in [0.29, 0.717) is 45.1 Å². The zero-order chi connectivity index (χ0) is 76.4. The van der Waals surface area contributed by atoms with Gasteiger partial charge in [0.15, 0.2) is 0 Å². The molecule has 6 rings (SSSR count). The highest BCUT2D eigenvalue weighted by Crippen LogP contribution is 2.49. The lowest BCUT2D eigenvalue weighted by molar-refractivity contribution is 0.224. The molecule has 2 atom stereocenters. The molecule has 4 aromatic carbocycles. The van der Waals surface area contributed by atoms with Crippen molar-refractivity contribution in [3.05, 3.63) is 95.1 Å². The van der Waals surface area contributed by atoms with E-state index in [-0.39, 0.29) is 0 Å². The molecule has 0 aliphatic carbocycles. The van der Waals surface area contributed by atoms with Gasteiger partial charge in [0, 0.05) is 20.2 Å². The number of hydrogen-bond acceptors (Lipinski definition) is 4. The monoisotopic (exact) mass is 1520 g/mol. The molecule has 106 heavy (non-hydrogen) atoms. The van der Waals surface area contributed by atoms with Gasteiger partial charge in [-0.1, -0.05) is 366 Å². The van der Waals surface area contributed by atoms with Crippen LogP contribution in [0.2, 0.25) is 33.2 Å². The molecule has 2 heterocycles. The fourth-order valence-corrected chi connectivity index (χ4v) is 40.5. The van der Waals surface area contributed by atoms with E-state index in [1.807, 2.05) is 0 Å². The van der Waals surface area contributed by atoms with Crippen LogP contribution in [0, 0.1) is 11.8 Å². The second-order valence-corrected chi connectivity index (χ2v) is 50.8. The van der Waals surface area contributed by atoms with Crippen LogP contribution in [-0.4, -0.2) is 29.4 Å². The van der Waals surface area contributed by atoms with E-state index in [1.165, 1.54) is 304 Å². The average molecular weight is 1520 g/mol. The molecule has 0 radical (unpaired) electrons. The first kappa shape index (κ1) is 92.0. The van der Waals surface area contributed by atoms with Gasteiger partial charge < -0.3 is 9.47 Å². The second kappa shape index (κ2) is 52.4. The molecule has 0 spiro atoms. The summed E-state index contributed by atoms with van der Waals surface area (Å²) in [5, 5.41) is 6.21. The van der Waals surface area contributed by atoms with Crippen LogP contribution >= 0.6 is 22.7 Å². The minimum Gasteiger partial charge on any atom is -0.493 e. The lowest BCUT2D eigenvalue weighted by atomic mass is 9.94. The van der Waals surface area contributed by atoms with Gasteiger partial charge in [0.2, 0.25) is 0 Å². The summed E-state index contributed by atoms with van der Waals surface area (Å²) in [7, 11) is -3.89. The number of rotatable bonds is 64. The minimum absolute atomic E-state index is 0.665. The SMILES string of the molecule is CCCCCCCCCCCCC(CCCCCCCCCC)COc1ccc(CCCCc2cc3c(cc(CCCCc4ccc(OCC(CCCCCCCCCC)CCCCCCCCCCCC)cc4)c4cc([Si](C(C)C)(C(C)C)C(C)C)sc43)c3sc([Si](C(C)C)(C(C)C)C(C)C)cc23)cc1. The summed E-state index contributed by atoms with van der Waals surface area (Å²) in [5.41, 5.74) is 10.1. The third kappa shape index (κ3) is 29.6. The first-order valence-electron chi connectivity index (χ1n) is 46.4. The van der Waals surface area contributed by atoms with Crippen LogP contribution in [0.1, 0.15) is 416 Å². The number of unbranched alkanes of at least 4 members (excludes halogenated alkanes) is 34. The normalized spacial score (nSPS) is 13.2. The highest BCUT2D eigenvalue weighted by atomic mass is 32.1. The summed E-state index contributed by atoms with van der Waals surface area (Å²) in [5.74, 6) is 3.46. The maximum absolute atomic E-state index is 6.71. The smallest absolute Gasteiger partial charge is 0.119 e. The average Bonchev–Trinajstić information content (AvgIpc) is 1.56.